The number of phosphoric acid groups is 2. The van der Waals surface area contributed by atoms with Crippen molar-refractivity contribution in [3.05, 3.63) is 0 Å². The van der Waals surface area contributed by atoms with Crippen LogP contribution in [0.15, 0.2) is 0 Å². The third kappa shape index (κ3) is 56.9. The minimum absolute atomic E-state index is 0.105. The van der Waals surface area contributed by atoms with Crippen molar-refractivity contribution in [1.29, 1.82) is 0 Å². The second kappa shape index (κ2) is 54.7. The van der Waals surface area contributed by atoms with Gasteiger partial charge in [-0.1, -0.05) is 253 Å². The Morgan fingerprint density at radius 2 is 0.568 bits per heavy atom. The van der Waals surface area contributed by atoms with E-state index in [1.807, 2.05) is 0 Å². The number of hydrogen-bond acceptors (Lipinski definition) is 15. The van der Waals surface area contributed by atoms with Crippen molar-refractivity contribution < 1.29 is 80.2 Å². The summed E-state index contributed by atoms with van der Waals surface area (Å²) in [5.41, 5.74) is 0. The zero-order valence-corrected chi connectivity index (χ0v) is 53.9. The van der Waals surface area contributed by atoms with E-state index in [1.54, 1.807) is 0 Å². The van der Waals surface area contributed by atoms with Crippen LogP contribution in [0.5, 0.6) is 0 Å². The summed E-state index contributed by atoms with van der Waals surface area (Å²) >= 11 is 0. The van der Waals surface area contributed by atoms with Gasteiger partial charge in [0.15, 0.2) is 12.2 Å². The molecular formula is C62H120O17P2. The lowest BCUT2D eigenvalue weighted by atomic mass is 10.0. The standard InChI is InChI=1S/C62H120O17P2/c1-7-9-11-13-14-20-28-34-40-46-61(66)78-57(50-72-59(64)44-38-30-12-10-8-2)52-76-80(68,69)74-48-56(63)49-75-81(70,71)77-53-58(51-73-60(65)45-39-33-27-23-19-18-22-26-32-37-43-55(5)6)79-62(67)47-41-35-29-24-17-15-16-21-25-31-36-42-54(3)4/h54-58,63H,7-53H2,1-6H3,(H,68,69)(H,70,71)/t56-,57+,58+/m0/s1. The van der Waals surface area contributed by atoms with E-state index in [4.69, 9.17) is 37.0 Å². The summed E-state index contributed by atoms with van der Waals surface area (Å²) < 4.78 is 67.7. The van der Waals surface area contributed by atoms with Crippen molar-refractivity contribution in [3.63, 3.8) is 0 Å². The van der Waals surface area contributed by atoms with Crippen molar-refractivity contribution in [2.24, 2.45) is 11.8 Å². The smallest absolute Gasteiger partial charge is 0.462 e. The van der Waals surface area contributed by atoms with Crippen LogP contribution in [0.2, 0.25) is 0 Å². The average molecular weight is 1200 g/mol. The van der Waals surface area contributed by atoms with E-state index in [-0.39, 0.29) is 25.7 Å². The molecule has 0 saturated heterocycles. The number of esters is 4. The predicted molar refractivity (Wildman–Crippen MR) is 321 cm³/mol. The molecule has 5 atom stereocenters. The van der Waals surface area contributed by atoms with Gasteiger partial charge < -0.3 is 33.8 Å². The molecule has 17 nitrogen and oxygen atoms in total. The zero-order valence-electron chi connectivity index (χ0n) is 52.1. The minimum atomic E-state index is -4.94. The molecule has 0 aromatic carbocycles. The molecule has 0 saturated carbocycles. The third-order valence-electron chi connectivity index (χ3n) is 14.2. The van der Waals surface area contributed by atoms with Crippen LogP contribution in [0.1, 0.15) is 305 Å². The maximum absolute atomic E-state index is 13.0. The first kappa shape index (κ1) is 79.1. The van der Waals surface area contributed by atoms with Gasteiger partial charge in [-0.3, -0.25) is 37.3 Å². The Morgan fingerprint density at radius 1 is 0.333 bits per heavy atom. The lowest BCUT2D eigenvalue weighted by Crippen LogP contribution is -2.30. The maximum Gasteiger partial charge on any atom is 0.472 e. The second-order valence-electron chi connectivity index (χ2n) is 23.4. The number of hydrogen-bond donors (Lipinski definition) is 3. The zero-order chi connectivity index (χ0) is 60.1. The molecule has 2 unspecified atom stereocenters. The van der Waals surface area contributed by atoms with Gasteiger partial charge in [0.2, 0.25) is 0 Å². The summed E-state index contributed by atoms with van der Waals surface area (Å²) in [7, 11) is -9.87. The summed E-state index contributed by atoms with van der Waals surface area (Å²) in [5.74, 6) is -0.624. The fourth-order valence-corrected chi connectivity index (χ4v) is 10.8. The Kier molecular flexibility index (Phi) is 53.4. The van der Waals surface area contributed by atoms with Crippen LogP contribution >= 0.6 is 15.6 Å². The second-order valence-corrected chi connectivity index (χ2v) is 26.3. The molecule has 81 heavy (non-hydrogen) atoms. The molecule has 0 radical (unpaired) electrons. The average Bonchev–Trinajstić information content (AvgIpc) is 3.42. The molecule has 0 amide bonds. The Balaban J connectivity index is 5.18. The van der Waals surface area contributed by atoms with Crippen molar-refractivity contribution >= 4 is 39.5 Å². The molecular weight excluding hydrogens is 1080 g/mol. The van der Waals surface area contributed by atoms with Gasteiger partial charge in [-0.05, 0) is 37.5 Å². The predicted octanol–water partition coefficient (Wildman–Crippen LogP) is 16.9. The van der Waals surface area contributed by atoms with Gasteiger partial charge in [0.05, 0.1) is 26.4 Å². The molecule has 0 heterocycles. The fourth-order valence-electron chi connectivity index (χ4n) is 9.18. The molecule has 0 aliphatic heterocycles. The largest absolute Gasteiger partial charge is 0.472 e. The SMILES string of the molecule is CCCCCCCCCCCC(=O)O[C@H](COC(=O)CCCCCCC)COP(=O)(O)OC[C@H](O)COP(=O)(O)OC[C@@H](COC(=O)CCCCCCCCCCCCC(C)C)OC(=O)CCCCCCCCCCCCCC(C)C. The van der Waals surface area contributed by atoms with E-state index >= 15 is 0 Å². The summed E-state index contributed by atoms with van der Waals surface area (Å²) in [5, 5.41) is 10.5. The third-order valence-corrected chi connectivity index (χ3v) is 16.1. The summed E-state index contributed by atoms with van der Waals surface area (Å²) in [6, 6.07) is 0. The molecule has 0 aliphatic rings. The van der Waals surface area contributed by atoms with Gasteiger partial charge in [-0.2, -0.15) is 0 Å². The van der Waals surface area contributed by atoms with Crippen LogP contribution in [0.4, 0.5) is 0 Å². The number of ether oxygens (including phenoxy) is 4. The maximum atomic E-state index is 13.0. The lowest BCUT2D eigenvalue weighted by Gasteiger charge is -2.21. The molecule has 3 N–H and O–H groups in total. The quantitative estimate of drug-likeness (QED) is 0.0222. The fraction of sp³-hybridized carbons (Fsp3) is 0.935. The Bertz CT molecular complexity index is 1600. The van der Waals surface area contributed by atoms with Gasteiger partial charge in [0.1, 0.15) is 19.3 Å². The molecule has 0 fully saturated rings. The first-order valence-corrected chi connectivity index (χ1v) is 35.5. The van der Waals surface area contributed by atoms with Crippen LogP contribution in [-0.2, 0) is 65.4 Å². The van der Waals surface area contributed by atoms with Crippen LogP contribution in [0, 0.1) is 11.8 Å². The Hall–Kier alpha value is -1.94. The highest BCUT2D eigenvalue weighted by Gasteiger charge is 2.30. The molecule has 0 aromatic rings. The summed E-state index contributed by atoms with van der Waals surface area (Å²) in [6.45, 7) is 9.37. The molecule has 0 rings (SSSR count). The molecule has 19 heteroatoms. The van der Waals surface area contributed by atoms with E-state index in [1.165, 1.54) is 116 Å². The first-order chi connectivity index (χ1) is 38.9. The van der Waals surface area contributed by atoms with E-state index in [0.717, 1.165) is 108 Å². The Labute approximate surface area is 492 Å². The number of rotatable bonds is 61. The van der Waals surface area contributed by atoms with Gasteiger partial charge in [-0.15, -0.1) is 0 Å². The van der Waals surface area contributed by atoms with Gasteiger partial charge in [0.25, 0.3) is 0 Å². The minimum Gasteiger partial charge on any atom is -0.462 e. The number of aliphatic hydroxyl groups excluding tert-OH is 1. The van der Waals surface area contributed by atoms with Crippen LogP contribution in [0.3, 0.4) is 0 Å². The van der Waals surface area contributed by atoms with Gasteiger partial charge in [0, 0.05) is 25.7 Å². The number of phosphoric ester groups is 2. The van der Waals surface area contributed by atoms with E-state index in [0.29, 0.717) is 25.7 Å². The summed E-state index contributed by atoms with van der Waals surface area (Å²) in [6.07, 6.45) is 36.5. The first-order valence-electron chi connectivity index (χ1n) is 32.5. The van der Waals surface area contributed by atoms with Crippen LogP contribution in [0.25, 0.3) is 0 Å². The van der Waals surface area contributed by atoms with Crippen molar-refractivity contribution in [3.8, 4) is 0 Å². The van der Waals surface area contributed by atoms with Crippen molar-refractivity contribution in [1.82, 2.24) is 0 Å². The number of carbonyl (C=O) groups excluding carboxylic acids is 4. The topological polar surface area (TPSA) is 237 Å². The number of carbonyl (C=O) groups is 4. The lowest BCUT2D eigenvalue weighted by molar-refractivity contribution is -0.161. The van der Waals surface area contributed by atoms with Crippen LogP contribution in [-0.4, -0.2) is 96.7 Å². The molecule has 0 spiro atoms. The highest BCUT2D eigenvalue weighted by molar-refractivity contribution is 7.47. The monoisotopic (exact) mass is 1200 g/mol. The van der Waals surface area contributed by atoms with Crippen molar-refractivity contribution in [2.75, 3.05) is 39.6 Å². The molecule has 0 bridgehead atoms. The van der Waals surface area contributed by atoms with Crippen molar-refractivity contribution in [2.45, 2.75) is 323 Å². The van der Waals surface area contributed by atoms with E-state index in [9.17, 15) is 43.2 Å². The molecule has 0 aliphatic carbocycles. The highest BCUT2D eigenvalue weighted by Crippen LogP contribution is 2.45. The highest BCUT2D eigenvalue weighted by atomic mass is 31.2. The van der Waals surface area contributed by atoms with Crippen LogP contribution < -0.4 is 0 Å². The Morgan fingerprint density at radius 3 is 0.840 bits per heavy atom. The molecule has 480 valence electrons. The molecule has 0 aromatic heterocycles. The number of unbranched alkanes of at least 4 members (excludes halogenated alkanes) is 31. The normalized spacial score (nSPS) is 14.4. The van der Waals surface area contributed by atoms with Gasteiger partial charge >= 0.3 is 39.5 Å². The van der Waals surface area contributed by atoms with Gasteiger partial charge in [-0.25, -0.2) is 9.13 Å². The van der Waals surface area contributed by atoms with E-state index < -0.39 is 97.5 Å². The van der Waals surface area contributed by atoms with E-state index in [2.05, 4.69) is 41.5 Å². The summed E-state index contributed by atoms with van der Waals surface area (Å²) in [4.78, 5) is 71.8. The number of aliphatic hydroxyl groups is 1.